The van der Waals surface area contributed by atoms with E-state index < -0.39 is 11.9 Å². The van der Waals surface area contributed by atoms with Crippen molar-refractivity contribution < 1.29 is 14.3 Å². The Bertz CT molecular complexity index is 1870. The van der Waals surface area contributed by atoms with Crippen LogP contribution >= 0.6 is 11.8 Å². The van der Waals surface area contributed by atoms with Gasteiger partial charge in [-0.2, -0.15) is 5.26 Å². The summed E-state index contributed by atoms with van der Waals surface area (Å²) in [5.74, 6) is 1.34. The maximum atomic E-state index is 12.4. The standard InChI is InChI=1S/C32H30N10O3S/c1-20(2)21-11-13-22(14-12-21)29-24(16-33)30(35-25-8-4-5-9-26(25)45-3)39-32(38-29)46-19-23-17-42(41-40-23)18-28(43)37-31(44)36-27-10-6-7-15-34-27/h4-15,17,20H,18-19H2,1-3H3,(H,35,38,39)(H2,34,36,37,43,44). The van der Waals surface area contributed by atoms with Crippen molar-refractivity contribution >= 4 is 41.0 Å². The molecule has 0 radical (unpaired) electrons. The maximum Gasteiger partial charge on any atom is 0.327 e. The van der Waals surface area contributed by atoms with Gasteiger partial charge in [0.25, 0.3) is 0 Å². The van der Waals surface area contributed by atoms with E-state index in [9.17, 15) is 14.9 Å². The van der Waals surface area contributed by atoms with E-state index in [1.165, 1.54) is 28.2 Å². The lowest BCUT2D eigenvalue weighted by molar-refractivity contribution is -0.120. The summed E-state index contributed by atoms with van der Waals surface area (Å²) in [6, 6.07) is 21.9. The molecular weight excluding hydrogens is 604 g/mol. The predicted octanol–water partition coefficient (Wildman–Crippen LogP) is 5.52. The van der Waals surface area contributed by atoms with Gasteiger partial charge in [0.05, 0.1) is 24.2 Å². The molecule has 5 aromatic rings. The molecule has 0 aliphatic heterocycles. The van der Waals surface area contributed by atoms with Crippen LogP contribution in [0.25, 0.3) is 11.3 Å². The van der Waals surface area contributed by atoms with Crippen molar-refractivity contribution in [3.8, 4) is 23.1 Å². The molecule has 3 heterocycles. The molecule has 13 nitrogen and oxygen atoms in total. The number of nitrogens with zero attached hydrogens (tertiary/aromatic N) is 7. The first-order chi connectivity index (χ1) is 22.3. The van der Waals surface area contributed by atoms with Gasteiger partial charge in [0.15, 0.2) is 11.0 Å². The summed E-state index contributed by atoms with van der Waals surface area (Å²) in [6.07, 6.45) is 3.13. The summed E-state index contributed by atoms with van der Waals surface area (Å²) in [5.41, 5.74) is 3.92. The summed E-state index contributed by atoms with van der Waals surface area (Å²) in [7, 11) is 1.57. The molecule has 3 N–H and O–H groups in total. The minimum absolute atomic E-state index is 0.218. The van der Waals surface area contributed by atoms with E-state index in [-0.39, 0.29) is 12.1 Å². The van der Waals surface area contributed by atoms with Crippen LogP contribution in [0.1, 0.15) is 36.6 Å². The van der Waals surface area contributed by atoms with E-state index >= 15 is 0 Å². The van der Waals surface area contributed by atoms with Gasteiger partial charge in [-0.05, 0) is 35.7 Å². The average Bonchev–Trinajstić information content (AvgIpc) is 3.51. The van der Waals surface area contributed by atoms with E-state index in [4.69, 9.17) is 9.72 Å². The smallest absolute Gasteiger partial charge is 0.327 e. The first-order valence-electron chi connectivity index (χ1n) is 14.2. The number of anilines is 3. The molecule has 0 aliphatic carbocycles. The van der Waals surface area contributed by atoms with E-state index in [2.05, 4.69) is 56.1 Å². The van der Waals surface area contributed by atoms with E-state index in [1.54, 1.807) is 31.5 Å². The van der Waals surface area contributed by atoms with Gasteiger partial charge >= 0.3 is 6.03 Å². The van der Waals surface area contributed by atoms with Crippen LogP contribution in [0.3, 0.4) is 0 Å². The van der Waals surface area contributed by atoms with Gasteiger partial charge in [-0.1, -0.05) is 73.3 Å². The number of methoxy groups -OCH3 is 1. The van der Waals surface area contributed by atoms with Gasteiger partial charge in [0.2, 0.25) is 5.91 Å². The van der Waals surface area contributed by atoms with Crippen molar-refractivity contribution in [1.29, 1.82) is 5.26 Å². The minimum atomic E-state index is -0.704. The van der Waals surface area contributed by atoms with Crippen molar-refractivity contribution in [1.82, 2.24) is 35.3 Å². The Morgan fingerprint density at radius 3 is 2.54 bits per heavy atom. The summed E-state index contributed by atoms with van der Waals surface area (Å²) < 4.78 is 6.82. The van der Waals surface area contributed by atoms with Crippen LogP contribution < -0.4 is 20.7 Å². The van der Waals surface area contributed by atoms with Crippen molar-refractivity contribution in [3.05, 3.63) is 95.9 Å². The Kier molecular flexibility index (Phi) is 10.2. The molecule has 0 fully saturated rings. The Morgan fingerprint density at radius 2 is 1.83 bits per heavy atom. The highest BCUT2D eigenvalue weighted by molar-refractivity contribution is 7.98. The fourth-order valence-electron chi connectivity index (χ4n) is 4.33. The largest absolute Gasteiger partial charge is 0.495 e. The van der Waals surface area contributed by atoms with Gasteiger partial charge in [0.1, 0.15) is 29.7 Å². The number of rotatable bonds is 11. The monoisotopic (exact) mass is 634 g/mol. The van der Waals surface area contributed by atoms with Crippen molar-refractivity contribution in [2.75, 3.05) is 17.7 Å². The third kappa shape index (κ3) is 8.01. The Hall–Kier alpha value is -5.81. The molecule has 0 unspecified atom stereocenters. The number of ether oxygens (including phenoxy) is 1. The number of thioether (sulfide) groups is 1. The van der Waals surface area contributed by atoms with E-state index in [0.29, 0.717) is 51.3 Å². The summed E-state index contributed by atoms with van der Waals surface area (Å²) in [5, 5.41) is 26.7. The highest BCUT2D eigenvalue weighted by Gasteiger charge is 2.19. The van der Waals surface area contributed by atoms with Crippen molar-refractivity contribution in [2.45, 2.75) is 37.2 Å². The summed E-state index contributed by atoms with van der Waals surface area (Å²) in [4.78, 5) is 37.9. The number of carbonyl (C=O) groups is 2. The van der Waals surface area contributed by atoms with Gasteiger partial charge in [-0.3, -0.25) is 15.4 Å². The lowest BCUT2D eigenvalue weighted by Crippen LogP contribution is -2.36. The second kappa shape index (κ2) is 14.8. The van der Waals surface area contributed by atoms with Crippen LogP contribution in [0.2, 0.25) is 0 Å². The fourth-order valence-corrected chi connectivity index (χ4v) is 5.05. The SMILES string of the molecule is COc1ccccc1Nc1nc(SCc2cn(CC(=O)NC(=O)Nc3ccccn3)nn2)nc(-c2ccc(C(C)C)cc2)c1C#N. The van der Waals surface area contributed by atoms with Crippen LogP contribution in [-0.2, 0) is 17.1 Å². The number of carbonyl (C=O) groups excluding carboxylic acids is 2. The number of nitriles is 1. The highest BCUT2D eigenvalue weighted by atomic mass is 32.2. The molecule has 0 saturated carbocycles. The second-order valence-corrected chi connectivity index (χ2v) is 11.1. The first-order valence-corrected chi connectivity index (χ1v) is 15.2. The lowest BCUT2D eigenvalue weighted by Gasteiger charge is -2.15. The number of hydrogen-bond acceptors (Lipinski definition) is 11. The topological polar surface area (TPSA) is 173 Å². The number of benzene rings is 2. The molecule has 0 spiro atoms. The van der Waals surface area contributed by atoms with Gasteiger partial charge < -0.3 is 10.1 Å². The molecule has 2 aromatic carbocycles. The average molecular weight is 635 g/mol. The third-order valence-corrected chi connectivity index (χ3v) is 7.49. The molecule has 0 aliphatic rings. The molecule has 3 amide bonds. The van der Waals surface area contributed by atoms with Crippen LogP contribution in [0, 0.1) is 11.3 Å². The predicted molar refractivity (Wildman–Crippen MR) is 174 cm³/mol. The number of hydrogen-bond donors (Lipinski definition) is 3. The Balaban J connectivity index is 1.33. The quantitative estimate of drug-likeness (QED) is 0.123. The van der Waals surface area contributed by atoms with E-state index in [0.717, 1.165) is 5.56 Å². The second-order valence-electron chi connectivity index (χ2n) is 10.2. The third-order valence-electron chi connectivity index (χ3n) is 6.61. The van der Waals surface area contributed by atoms with Crippen LogP contribution in [0.4, 0.5) is 22.1 Å². The summed E-state index contributed by atoms with van der Waals surface area (Å²) in [6.45, 7) is 4.02. The van der Waals surface area contributed by atoms with Crippen LogP contribution in [0.15, 0.2) is 84.3 Å². The number of pyridine rings is 1. The lowest BCUT2D eigenvalue weighted by atomic mass is 9.99. The van der Waals surface area contributed by atoms with E-state index in [1.807, 2.05) is 48.5 Å². The normalized spacial score (nSPS) is 10.7. The van der Waals surface area contributed by atoms with Crippen LogP contribution in [-0.4, -0.2) is 49.0 Å². The molecule has 232 valence electrons. The van der Waals surface area contributed by atoms with Gasteiger partial charge in [-0.15, -0.1) is 5.10 Å². The highest BCUT2D eigenvalue weighted by Crippen LogP contribution is 2.34. The molecule has 0 atom stereocenters. The number of urea groups is 1. The zero-order valence-electron chi connectivity index (χ0n) is 25.3. The molecule has 0 bridgehead atoms. The van der Waals surface area contributed by atoms with Gasteiger partial charge in [-0.25, -0.2) is 24.4 Å². The number of amides is 3. The number of nitrogens with one attached hydrogen (secondary N) is 3. The zero-order chi connectivity index (χ0) is 32.5. The van der Waals surface area contributed by atoms with Crippen molar-refractivity contribution in [3.63, 3.8) is 0 Å². The molecule has 0 saturated heterocycles. The number of para-hydroxylation sites is 2. The fraction of sp³-hybridized carbons (Fsp3) is 0.188. The molecule has 3 aromatic heterocycles. The van der Waals surface area contributed by atoms with Crippen molar-refractivity contribution in [2.24, 2.45) is 0 Å². The Morgan fingerprint density at radius 1 is 1.04 bits per heavy atom. The van der Waals surface area contributed by atoms with Gasteiger partial charge in [0, 0.05) is 23.7 Å². The zero-order valence-corrected chi connectivity index (χ0v) is 26.1. The summed E-state index contributed by atoms with van der Waals surface area (Å²) >= 11 is 1.30. The van der Waals surface area contributed by atoms with Crippen LogP contribution in [0.5, 0.6) is 5.75 Å². The number of imide groups is 1. The maximum absolute atomic E-state index is 12.4. The molecule has 14 heteroatoms. The molecule has 46 heavy (non-hydrogen) atoms. The number of aromatic nitrogens is 6. The Labute approximate surface area is 269 Å². The molecular formula is C32H30N10O3S. The first kappa shape index (κ1) is 31.6. The molecule has 5 rings (SSSR count). The minimum Gasteiger partial charge on any atom is -0.495 e.